The van der Waals surface area contributed by atoms with Gasteiger partial charge in [0.15, 0.2) is 11.0 Å². The van der Waals surface area contributed by atoms with Crippen molar-refractivity contribution in [2.45, 2.75) is 11.6 Å². The number of amides is 1. The van der Waals surface area contributed by atoms with Crippen LogP contribution in [0.2, 0.25) is 0 Å². The fourth-order valence-electron chi connectivity index (χ4n) is 1.85. The monoisotopic (exact) mass is 280 g/mol. The van der Waals surface area contributed by atoms with Crippen molar-refractivity contribution in [2.75, 3.05) is 23.5 Å². The molecular formula is C11H12N4OS2. The second kappa shape index (κ2) is 5.59. The first-order chi connectivity index (χ1) is 8.69. The van der Waals surface area contributed by atoms with Crippen molar-refractivity contribution < 1.29 is 4.79 Å². The summed E-state index contributed by atoms with van der Waals surface area (Å²) in [5.74, 6) is 1.30. The van der Waals surface area contributed by atoms with Crippen molar-refractivity contribution in [1.29, 1.82) is 5.26 Å². The van der Waals surface area contributed by atoms with Crippen LogP contribution in [0.1, 0.15) is 12.0 Å². The number of nitriles is 1. The van der Waals surface area contributed by atoms with Crippen molar-refractivity contribution in [1.82, 2.24) is 9.97 Å². The fraction of sp³-hybridized carbons (Fsp3) is 0.455. The Morgan fingerprint density at radius 3 is 3.06 bits per heavy atom. The van der Waals surface area contributed by atoms with Gasteiger partial charge in [0.2, 0.25) is 5.91 Å². The van der Waals surface area contributed by atoms with Crippen molar-refractivity contribution in [2.24, 2.45) is 5.92 Å². The van der Waals surface area contributed by atoms with Gasteiger partial charge in [-0.2, -0.15) is 17.9 Å². The summed E-state index contributed by atoms with van der Waals surface area (Å²) in [6.07, 6.45) is 3.79. The van der Waals surface area contributed by atoms with E-state index >= 15 is 0 Å². The second-order valence-electron chi connectivity index (χ2n) is 3.96. The molecule has 18 heavy (non-hydrogen) atoms. The van der Waals surface area contributed by atoms with Gasteiger partial charge >= 0.3 is 0 Å². The summed E-state index contributed by atoms with van der Waals surface area (Å²) >= 11 is 5.60. The van der Waals surface area contributed by atoms with E-state index in [9.17, 15) is 4.79 Å². The van der Waals surface area contributed by atoms with Gasteiger partial charge in [-0.05, 0) is 17.9 Å². The van der Waals surface area contributed by atoms with Crippen LogP contribution in [-0.2, 0) is 4.79 Å². The lowest BCUT2D eigenvalue weighted by molar-refractivity contribution is -0.117. The second-order valence-corrected chi connectivity index (χ2v) is 5.10. The molecule has 0 saturated carbocycles. The van der Waals surface area contributed by atoms with Gasteiger partial charge in [-0.1, -0.05) is 11.8 Å². The maximum atomic E-state index is 11.9. The molecule has 1 atom stereocenters. The van der Waals surface area contributed by atoms with Crippen LogP contribution >= 0.6 is 24.4 Å². The third kappa shape index (κ3) is 2.44. The largest absolute Gasteiger partial charge is 0.295 e. The van der Waals surface area contributed by atoms with E-state index in [1.54, 1.807) is 4.90 Å². The topological polar surface area (TPSA) is 69.9 Å². The van der Waals surface area contributed by atoms with E-state index in [0.717, 1.165) is 0 Å². The summed E-state index contributed by atoms with van der Waals surface area (Å²) in [4.78, 5) is 21.8. The van der Waals surface area contributed by atoms with Gasteiger partial charge in [-0.3, -0.25) is 9.69 Å². The molecule has 0 N–H and O–H groups in total. The third-order valence-electron chi connectivity index (χ3n) is 2.77. The van der Waals surface area contributed by atoms with Crippen LogP contribution in [-0.4, -0.2) is 34.4 Å². The first-order valence-electron chi connectivity index (χ1n) is 5.42. The van der Waals surface area contributed by atoms with Gasteiger partial charge in [0.1, 0.15) is 11.6 Å². The number of anilines is 1. The highest BCUT2D eigenvalue weighted by atomic mass is 32.2. The van der Waals surface area contributed by atoms with E-state index in [1.165, 1.54) is 18.0 Å². The van der Waals surface area contributed by atoms with Gasteiger partial charge in [0.25, 0.3) is 0 Å². The minimum Gasteiger partial charge on any atom is -0.295 e. The molecule has 1 aromatic rings. The minimum absolute atomic E-state index is 0.00342. The molecule has 1 amide bonds. The molecule has 2 rings (SSSR count). The molecule has 5 nitrogen and oxygen atoms in total. The van der Waals surface area contributed by atoms with E-state index in [2.05, 4.69) is 22.6 Å². The zero-order chi connectivity index (χ0) is 13.1. The maximum absolute atomic E-state index is 11.9. The molecular weight excluding hydrogens is 268 g/mol. The summed E-state index contributed by atoms with van der Waals surface area (Å²) in [6.45, 7) is 0.571. The number of thiol groups is 1. The number of hydrogen-bond donors (Lipinski definition) is 1. The number of aromatic nitrogens is 2. The molecule has 0 spiro atoms. The van der Waals surface area contributed by atoms with Crippen LogP contribution in [0.5, 0.6) is 0 Å². The van der Waals surface area contributed by atoms with Crippen molar-refractivity contribution in [3.05, 3.63) is 11.8 Å². The van der Waals surface area contributed by atoms with Crippen molar-refractivity contribution in [3.63, 3.8) is 0 Å². The van der Waals surface area contributed by atoms with Crippen molar-refractivity contribution in [3.8, 4) is 6.07 Å². The summed E-state index contributed by atoms with van der Waals surface area (Å²) in [5.41, 5.74) is 0.334. The molecule has 2 heterocycles. The van der Waals surface area contributed by atoms with E-state index in [-0.39, 0.29) is 11.8 Å². The van der Waals surface area contributed by atoms with Crippen LogP contribution < -0.4 is 4.90 Å². The number of rotatable bonds is 3. The summed E-state index contributed by atoms with van der Waals surface area (Å²) < 4.78 is 0. The highest BCUT2D eigenvalue weighted by Gasteiger charge is 2.32. The number of thioether (sulfide) groups is 1. The molecule has 94 valence electrons. The Labute approximate surface area is 115 Å². The Morgan fingerprint density at radius 1 is 1.72 bits per heavy atom. The Kier molecular flexibility index (Phi) is 4.09. The van der Waals surface area contributed by atoms with Crippen LogP contribution in [0.4, 0.5) is 5.82 Å². The molecule has 1 aliphatic rings. The predicted octanol–water partition coefficient (Wildman–Crippen LogP) is 1.35. The first kappa shape index (κ1) is 13.2. The quantitative estimate of drug-likeness (QED) is 0.514. The predicted molar refractivity (Wildman–Crippen MR) is 72.8 cm³/mol. The lowest BCUT2D eigenvalue weighted by Gasteiger charge is -2.16. The molecule has 1 unspecified atom stereocenters. The molecule has 0 bridgehead atoms. The SMILES string of the molecule is CSc1ncc(C#N)c(N2CC(CS)CC2=O)n1. The molecule has 1 aliphatic heterocycles. The molecule has 1 fully saturated rings. The van der Waals surface area contributed by atoms with E-state index in [4.69, 9.17) is 5.26 Å². The van der Waals surface area contributed by atoms with Gasteiger partial charge in [-0.25, -0.2) is 9.97 Å². The van der Waals surface area contributed by atoms with Crippen molar-refractivity contribution >= 4 is 36.1 Å². The molecule has 0 aromatic carbocycles. The average Bonchev–Trinajstić information content (AvgIpc) is 2.79. The average molecular weight is 280 g/mol. The van der Waals surface area contributed by atoms with Crippen LogP contribution in [0, 0.1) is 17.2 Å². The fourth-order valence-corrected chi connectivity index (χ4v) is 2.43. The molecule has 0 radical (unpaired) electrons. The van der Waals surface area contributed by atoms with Crippen LogP contribution in [0.25, 0.3) is 0 Å². The van der Waals surface area contributed by atoms with E-state index in [0.29, 0.717) is 35.3 Å². The summed E-state index contributed by atoms with van der Waals surface area (Å²) in [6, 6.07) is 2.03. The van der Waals surface area contributed by atoms with Crippen LogP contribution in [0.15, 0.2) is 11.4 Å². The Bertz CT molecular complexity index is 514. The molecule has 0 aliphatic carbocycles. The maximum Gasteiger partial charge on any atom is 0.228 e. The number of carbonyl (C=O) groups is 1. The third-order valence-corrected chi connectivity index (χ3v) is 3.85. The lowest BCUT2D eigenvalue weighted by atomic mass is 10.1. The van der Waals surface area contributed by atoms with Gasteiger partial charge < -0.3 is 0 Å². The van der Waals surface area contributed by atoms with Gasteiger partial charge in [0, 0.05) is 13.0 Å². The molecule has 1 aromatic heterocycles. The standard InChI is InChI=1S/C11H12N4OS2/c1-18-11-13-4-8(3-12)10(14-11)15-5-7(6-17)2-9(15)16/h4,7,17H,2,5-6H2,1H3. The Hall–Kier alpha value is -1.26. The van der Waals surface area contributed by atoms with Gasteiger partial charge in [-0.15, -0.1) is 0 Å². The number of hydrogen-bond acceptors (Lipinski definition) is 6. The highest BCUT2D eigenvalue weighted by Crippen LogP contribution is 2.27. The number of carbonyl (C=O) groups excluding carboxylic acids is 1. The number of nitrogens with zero attached hydrogens (tertiary/aromatic N) is 4. The Morgan fingerprint density at radius 2 is 2.50 bits per heavy atom. The Balaban J connectivity index is 2.38. The summed E-state index contributed by atoms with van der Waals surface area (Å²) in [7, 11) is 0. The van der Waals surface area contributed by atoms with E-state index < -0.39 is 0 Å². The minimum atomic E-state index is -0.00342. The van der Waals surface area contributed by atoms with E-state index in [1.807, 2.05) is 12.3 Å². The molecule has 7 heteroatoms. The zero-order valence-corrected chi connectivity index (χ0v) is 11.5. The van der Waals surface area contributed by atoms with Gasteiger partial charge in [0.05, 0.1) is 6.20 Å². The smallest absolute Gasteiger partial charge is 0.228 e. The lowest BCUT2D eigenvalue weighted by Crippen LogP contribution is -2.27. The first-order valence-corrected chi connectivity index (χ1v) is 7.27. The normalized spacial score (nSPS) is 19.1. The summed E-state index contributed by atoms with van der Waals surface area (Å²) in [5, 5.41) is 9.62. The van der Waals surface area contributed by atoms with Crippen LogP contribution in [0.3, 0.4) is 0 Å². The zero-order valence-electron chi connectivity index (χ0n) is 9.83. The highest BCUT2D eigenvalue weighted by molar-refractivity contribution is 7.98. The molecule has 1 saturated heterocycles.